The molecular formula is C9H14N4. The van der Waals surface area contributed by atoms with Crippen molar-refractivity contribution in [3.05, 3.63) is 11.6 Å². The number of nitrogens with one attached hydrogen (secondary N) is 1. The van der Waals surface area contributed by atoms with E-state index >= 15 is 0 Å². The summed E-state index contributed by atoms with van der Waals surface area (Å²) in [6.45, 7) is 3.15. The van der Waals surface area contributed by atoms with Gasteiger partial charge in [0.15, 0.2) is 0 Å². The van der Waals surface area contributed by atoms with Crippen LogP contribution in [-0.2, 0) is 13.0 Å². The fraction of sp³-hybridized carbons (Fsp3) is 0.778. The third kappa shape index (κ3) is 1.25. The minimum absolute atomic E-state index is 0.722. The molecule has 0 radical (unpaired) electrons. The van der Waals surface area contributed by atoms with Crippen molar-refractivity contribution in [2.75, 3.05) is 13.1 Å². The molecule has 0 spiro atoms. The van der Waals surface area contributed by atoms with Crippen LogP contribution in [0.5, 0.6) is 0 Å². The Morgan fingerprint density at radius 3 is 3.00 bits per heavy atom. The van der Waals surface area contributed by atoms with Crippen molar-refractivity contribution in [3.8, 4) is 0 Å². The van der Waals surface area contributed by atoms with Crippen LogP contribution in [0.4, 0.5) is 0 Å². The van der Waals surface area contributed by atoms with Gasteiger partial charge in [-0.3, -0.25) is 0 Å². The van der Waals surface area contributed by atoms with Crippen molar-refractivity contribution in [3.63, 3.8) is 0 Å². The summed E-state index contributed by atoms with van der Waals surface area (Å²) in [5, 5.41) is 11.9. The van der Waals surface area contributed by atoms with Gasteiger partial charge in [0, 0.05) is 32.0 Å². The maximum atomic E-state index is 4.29. The Balaban J connectivity index is 1.98. The lowest BCUT2D eigenvalue weighted by Crippen LogP contribution is -2.18. The molecule has 1 aromatic rings. The summed E-state index contributed by atoms with van der Waals surface area (Å²) in [6.07, 6.45) is 3.65. The second-order valence-electron chi connectivity index (χ2n) is 3.90. The van der Waals surface area contributed by atoms with Gasteiger partial charge >= 0.3 is 0 Å². The molecule has 0 aromatic carbocycles. The maximum absolute atomic E-state index is 4.29. The van der Waals surface area contributed by atoms with Crippen LogP contribution in [-0.4, -0.2) is 27.9 Å². The van der Waals surface area contributed by atoms with Gasteiger partial charge in [0.1, 0.15) is 11.6 Å². The van der Waals surface area contributed by atoms with Gasteiger partial charge < -0.3 is 9.88 Å². The maximum Gasteiger partial charge on any atom is 0.136 e. The molecule has 1 aromatic heterocycles. The van der Waals surface area contributed by atoms with E-state index in [0.717, 1.165) is 32.0 Å². The van der Waals surface area contributed by atoms with E-state index in [1.807, 2.05) is 0 Å². The number of aromatic nitrogens is 3. The van der Waals surface area contributed by atoms with E-state index in [1.54, 1.807) is 0 Å². The summed E-state index contributed by atoms with van der Waals surface area (Å²) in [4.78, 5) is 0. The fourth-order valence-electron chi connectivity index (χ4n) is 1.94. The molecule has 4 nitrogen and oxygen atoms in total. The molecule has 70 valence electrons. The highest BCUT2D eigenvalue weighted by atomic mass is 15.3. The third-order valence-electron chi connectivity index (χ3n) is 2.84. The molecule has 0 atom stereocenters. The zero-order valence-corrected chi connectivity index (χ0v) is 7.66. The molecule has 0 saturated heterocycles. The monoisotopic (exact) mass is 178 g/mol. The molecule has 0 unspecified atom stereocenters. The molecule has 4 heteroatoms. The number of hydrogen-bond donors (Lipinski definition) is 1. The molecule has 1 N–H and O–H groups in total. The average molecular weight is 178 g/mol. The molecular weight excluding hydrogens is 164 g/mol. The van der Waals surface area contributed by atoms with Crippen molar-refractivity contribution in [1.29, 1.82) is 0 Å². The quantitative estimate of drug-likeness (QED) is 0.672. The Morgan fingerprint density at radius 2 is 2.15 bits per heavy atom. The van der Waals surface area contributed by atoms with Crippen molar-refractivity contribution >= 4 is 0 Å². The van der Waals surface area contributed by atoms with Crippen LogP contribution < -0.4 is 5.32 Å². The normalized spacial score (nSPS) is 22.5. The van der Waals surface area contributed by atoms with Crippen molar-refractivity contribution in [1.82, 2.24) is 20.1 Å². The van der Waals surface area contributed by atoms with Gasteiger partial charge in [-0.05, 0) is 12.8 Å². The van der Waals surface area contributed by atoms with E-state index in [-0.39, 0.29) is 0 Å². The van der Waals surface area contributed by atoms with Crippen LogP contribution in [0.15, 0.2) is 0 Å². The minimum atomic E-state index is 0.722. The fourth-order valence-corrected chi connectivity index (χ4v) is 1.94. The zero-order chi connectivity index (χ0) is 8.67. The molecule has 2 heterocycles. The van der Waals surface area contributed by atoms with Crippen LogP contribution in [0.3, 0.4) is 0 Å². The summed E-state index contributed by atoms with van der Waals surface area (Å²) >= 11 is 0. The molecule has 1 saturated carbocycles. The summed E-state index contributed by atoms with van der Waals surface area (Å²) < 4.78 is 2.32. The van der Waals surface area contributed by atoms with Crippen LogP contribution in [0.25, 0.3) is 0 Å². The number of hydrogen-bond acceptors (Lipinski definition) is 3. The van der Waals surface area contributed by atoms with Crippen LogP contribution in [0.2, 0.25) is 0 Å². The third-order valence-corrected chi connectivity index (χ3v) is 2.84. The minimum Gasteiger partial charge on any atom is -0.315 e. The molecule has 1 fully saturated rings. The standard InChI is InChI=1S/C9H14N4/c1-2-7(1)9-12-11-8-3-4-10-5-6-13(8)9/h7,10H,1-6H2. The lowest BCUT2D eigenvalue weighted by atomic mass is 10.3. The lowest BCUT2D eigenvalue weighted by molar-refractivity contribution is 0.618. The van der Waals surface area contributed by atoms with Gasteiger partial charge in [-0.2, -0.15) is 0 Å². The van der Waals surface area contributed by atoms with Gasteiger partial charge in [-0.1, -0.05) is 0 Å². The van der Waals surface area contributed by atoms with E-state index in [0.29, 0.717) is 0 Å². The molecule has 0 bridgehead atoms. The largest absolute Gasteiger partial charge is 0.315 e. The van der Waals surface area contributed by atoms with Crippen molar-refractivity contribution in [2.45, 2.75) is 31.7 Å². The summed E-state index contributed by atoms with van der Waals surface area (Å²) in [6, 6.07) is 0. The SMILES string of the molecule is C1Cc2nnc(C3CC3)n2CCN1. The number of fused-ring (bicyclic) bond motifs is 1. The van der Waals surface area contributed by atoms with Gasteiger partial charge in [0.25, 0.3) is 0 Å². The molecule has 3 rings (SSSR count). The number of nitrogens with zero attached hydrogens (tertiary/aromatic N) is 3. The Labute approximate surface area is 77.4 Å². The molecule has 1 aliphatic carbocycles. The van der Waals surface area contributed by atoms with Crippen molar-refractivity contribution in [2.24, 2.45) is 0 Å². The Morgan fingerprint density at radius 1 is 1.23 bits per heavy atom. The van der Waals surface area contributed by atoms with E-state index in [2.05, 4.69) is 20.1 Å². The van der Waals surface area contributed by atoms with Gasteiger partial charge in [-0.15, -0.1) is 10.2 Å². The smallest absolute Gasteiger partial charge is 0.136 e. The van der Waals surface area contributed by atoms with Crippen molar-refractivity contribution < 1.29 is 0 Å². The van der Waals surface area contributed by atoms with Gasteiger partial charge in [0.2, 0.25) is 0 Å². The highest BCUT2D eigenvalue weighted by molar-refractivity contribution is 5.09. The average Bonchev–Trinajstić information content (AvgIpc) is 2.94. The first-order valence-electron chi connectivity index (χ1n) is 5.08. The van der Waals surface area contributed by atoms with Gasteiger partial charge in [-0.25, -0.2) is 0 Å². The summed E-state index contributed by atoms with van der Waals surface area (Å²) in [5.74, 6) is 3.13. The lowest BCUT2D eigenvalue weighted by Gasteiger charge is -2.04. The summed E-state index contributed by atoms with van der Waals surface area (Å²) in [5.41, 5.74) is 0. The molecule has 2 aliphatic rings. The van der Waals surface area contributed by atoms with E-state index in [4.69, 9.17) is 0 Å². The Kier molecular flexibility index (Phi) is 1.62. The zero-order valence-electron chi connectivity index (χ0n) is 7.66. The predicted octanol–water partition coefficient (Wildman–Crippen LogP) is 0.301. The van der Waals surface area contributed by atoms with Gasteiger partial charge in [0.05, 0.1) is 0 Å². The summed E-state index contributed by atoms with van der Waals surface area (Å²) in [7, 11) is 0. The van der Waals surface area contributed by atoms with E-state index in [1.165, 1.54) is 24.5 Å². The van der Waals surface area contributed by atoms with Crippen LogP contribution in [0.1, 0.15) is 30.4 Å². The first kappa shape index (κ1) is 7.50. The highest BCUT2D eigenvalue weighted by Crippen LogP contribution is 2.39. The van der Waals surface area contributed by atoms with Crippen LogP contribution in [0, 0.1) is 0 Å². The Bertz CT molecular complexity index is 313. The molecule has 1 aliphatic heterocycles. The highest BCUT2D eigenvalue weighted by Gasteiger charge is 2.30. The van der Waals surface area contributed by atoms with E-state index in [9.17, 15) is 0 Å². The Hall–Kier alpha value is -0.900. The topological polar surface area (TPSA) is 42.7 Å². The molecule has 13 heavy (non-hydrogen) atoms. The predicted molar refractivity (Wildman–Crippen MR) is 48.6 cm³/mol. The number of rotatable bonds is 1. The van der Waals surface area contributed by atoms with E-state index < -0.39 is 0 Å². The second kappa shape index (κ2) is 2.80. The first-order valence-corrected chi connectivity index (χ1v) is 5.08. The second-order valence-corrected chi connectivity index (χ2v) is 3.90. The van der Waals surface area contributed by atoms with Crippen LogP contribution >= 0.6 is 0 Å². The molecule has 0 amide bonds. The first-order chi connectivity index (χ1) is 6.45.